The van der Waals surface area contributed by atoms with Crippen molar-refractivity contribution in [2.24, 2.45) is 0 Å². The van der Waals surface area contributed by atoms with Crippen molar-refractivity contribution in [1.82, 2.24) is 4.31 Å². The van der Waals surface area contributed by atoms with E-state index in [-0.39, 0.29) is 10.8 Å². The van der Waals surface area contributed by atoms with E-state index in [1.54, 1.807) is 60.7 Å². The van der Waals surface area contributed by atoms with Crippen LogP contribution < -0.4 is 10.2 Å². The van der Waals surface area contributed by atoms with Gasteiger partial charge in [0.1, 0.15) is 0 Å². The molecule has 0 bridgehead atoms. The molecule has 1 heterocycles. The zero-order valence-corrected chi connectivity index (χ0v) is 22.2. The lowest BCUT2D eigenvalue weighted by atomic mass is 10.1. The summed E-state index contributed by atoms with van der Waals surface area (Å²) in [6.07, 6.45) is 0. The van der Waals surface area contributed by atoms with Gasteiger partial charge in [0.25, 0.3) is 5.91 Å². The van der Waals surface area contributed by atoms with Crippen molar-refractivity contribution < 1.29 is 13.2 Å². The fourth-order valence-corrected chi connectivity index (χ4v) is 6.09. The number of nitrogens with zero attached hydrogens (tertiary/aromatic N) is 2. The molecule has 1 amide bonds. The number of hydrogen-bond acceptors (Lipinski definition) is 4. The smallest absolute Gasteiger partial charge is 0.257 e. The van der Waals surface area contributed by atoms with E-state index < -0.39 is 10.0 Å². The number of nitrogens with one attached hydrogen (secondary N) is 1. The van der Waals surface area contributed by atoms with Crippen LogP contribution in [0.1, 0.15) is 15.9 Å². The summed E-state index contributed by atoms with van der Waals surface area (Å²) < 4.78 is 28.3. The number of sulfonamides is 1. The van der Waals surface area contributed by atoms with Crippen molar-refractivity contribution in [3.63, 3.8) is 0 Å². The molecule has 1 saturated heterocycles. The van der Waals surface area contributed by atoms with Crippen LogP contribution in [0.5, 0.6) is 0 Å². The second kappa shape index (κ2) is 10.3. The van der Waals surface area contributed by atoms with Crippen LogP contribution in [0.15, 0.2) is 70.0 Å². The Morgan fingerprint density at radius 2 is 1.62 bits per heavy atom. The topological polar surface area (TPSA) is 69.7 Å². The number of rotatable bonds is 5. The van der Waals surface area contributed by atoms with Crippen LogP contribution in [-0.4, -0.2) is 44.8 Å². The highest BCUT2D eigenvalue weighted by Gasteiger charge is 2.30. The molecule has 1 aliphatic heterocycles. The molecule has 0 aliphatic carbocycles. The Hall–Kier alpha value is -2.10. The van der Waals surface area contributed by atoms with Crippen LogP contribution in [0.2, 0.25) is 10.0 Å². The van der Waals surface area contributed by atoms with Gasteiger partial charge < -0.3 is 10.2 Å². The van der Waals surface area contributed by atoms with Gasteiger partial charge in [0, 0.05) is 30.7 Å². The average molecular weight is 583 g/mol. The van der Waals surface area contributed by atoms with Gasteiger partial charge in [-0.05, 0) is 49.4 Å². The third-order valence-corrected chi connectivity index (χ3v) is 8.66. The molecule has 3 aromatic carbocycles. The van der Waals surface area contributed by atoms with E-state index in [1.807, 2.05) is 11.8 Å². The fourth-order valence-electron chi connectivity index (χ4n) is 3.81. The number of aryl methyl sites for hydroxylation is 1. The normalized spacial score (nSPS) is 14.8. The van der Waals surface area contributed by atoms with Crippen LogP contribution in [0.4, 0.5) is 11.4 Å². The molecule has 4 rings (SSSR count). The summed E-state index contributed by atoms with van der Waals surface area (Å²) in [5.41, 5.74) is 2.51. The van der Waals surface area contributed by atoms with E-state index in [0.717, 1.165) is 10.0 Å². The van der Waals surface area contributed by atoms with Gasteiger partial charge in [-0.25, -0.2) is 8.42 Å². The van der Waals surface area contributed by atoms with Crippen molar-refractivity contribution >= 4 is 66.4 Å². The van der Waals surface area contributed by atoms with Crippen molar-refractivity contribution in [3.8, 4) is 0 Å². The largest absolute Gasteiger partial charge is 0.366 e. The zero-order chi connectivity index (χ0) is 24.5. The van der Waals surface area contributed by atoms with Gasteiger partial charge in [0.2, 0.25) is 10.0 Å². The first kappa shape index (κ1) is 25.0. The zero-order valence-electron chi connectivity index (χ0n) is 18.3. The van der Waals surface area contributed by atoms with Gasteiger partial charge in [-0.15, -0.1) is 0 Å². The van der Waals surface area contributed by atoms with E-state index in [0.29, 0.717) is 53.2 Å². The van der Waals surface area contributed by atoms with Gasteiger partial charge in [-0.1, -0.05) is 62.9 Å². The molecule has 34 heavy (non-hydrogen) atoms. The molecule has 3 aromatic rings. The number of para-hydroxylation sites is 1. The number of anilines is 2. The third kappa shape index (κ3) is 5.26. The van der Waals surface area contributed by atoms with E-state index in [1.165, 1.54) is 4.31 Å². The maximum absolute atomic E-state index is 13.0. The number of carbonyl (C=O) groups excluding carboxylic acids is 1. The third-order valence-electron chi connectivity index (χ3n) is 5.62. The second-order valence-electron chi connectivity index (χ2n) is 7.92. The quantitative estimate of drug-likeness (QED) is 0.411. The number of hydrogen-bond donors (Lipinski definition) is 1. The van der Waals surface area contributed by atoms with E-state index >= 15 is 0 Å². The molecular formula is C24H22BrCl2N3O3S. The average Bonchev–Trinajstić information content (AvgIpc) is 2.81. The maximum atomic E-state index is 13.0. The summed E-state index contributed by atoms with van der Waals surface area (Å²) in [5.74, 6) is -0.365. The summed E-state index contributed by atoms with van der Waals surface area (Å²) >= 11 is 16.1. The first-order valence-corrected chi connectivity index (χ1v) is 13.5. The van der Waals surface area contributed by atoms with Crippen molar-refractivity contribution in [2.45, 2.75) is 11.8 Å². The molecule has 0 spiro atoms. The summed E-state index contributed by atoms with van der Waals surface area (Å²) in [6.45, 7) is 3.36. The summed E-state index contributed by atoms with van der Waals surface area (Å²) in [7, 11) is -3.58. The predicted octanol–water partition coefficient (Wildman–Crippen LogP) is 5.83. The first-order chi connectivity index (χ1) is 16.2. The Labute approximate surface area is 217 Å². The number of halogens is 3. The summed E-state index contributed by atoms with van der Waals surface area (Å²) in [6, 6.07) is 17.2. The molecule has 0 radical (unpaired) electrons. The van der Waals surface area contributed by atoms with Crippen LogP contribution in [-0.2, 0) is 10.0 Å². The van der Waals surface area contributed by atoms with E-state index in [2.05, 4.69) is 21.2 Å². The molecule has 0 aromatic heterocycles. The van der Waals surface area contributed by atoms with Crippen molar-refractivity contribution in [1.29, 1.82) is 0 Å². The van der Waals surface area contributed by atoms with Crippen LogP contribution in [0, 0.1) is 6.92 Å². The van der Waals surface area contributed by atoms with Crippen molar-refractivity contribution in [3.05, 3.63) is 86.3 Å². The van der Waals surface area contributed by atoms with Gasteiger partial charge in [-0.2, -0.15) is 4.31 Å². The Kier molecular flexibility index (Phi) is 7.54. The summed E-state index contributed by atoms with van der Waals surface area (Å²) in [4.78, 5) is 15.2. The Balaban J connectivity index is 1.53. The summed E-state index contributed by atoms with van der Waals surface area (Å²) in [5, 5.41) is 3.70. The van der Waals surface area contributed by atoms with E-state index in [4.69, 9.17) is 23.2 Å². The van der Waals surface area contributed by atoms with Crippen LogP contribution in [0.3, 0.4) is 0 Å². The Morgan fingerprint density at radius 3 is 2.29 bits per heavy atom. The number of amides is 1. The predicted molar refractivity (Wildman–Crippen MR) is 141 cm³/mol. The monoisotopic (exact) mass is 581 g/mol. The molecule has 0 unspecified atom stereocenters. The van der Waals surface area contributed by atoms with Crippen LogP contribution in [0.25, 0.3) is 0 Å². The minimum atomic E-state index is -3.58. The lowest BCUT2D eigenvalue weighted by Gasteiger charge is -2.36. The van der Waals surface area contributed by atoms with E-state index in [9.17, 15) is 13.2 Å². The number of benzene rings is 3. The highest BCUT2D eigenvalue weighted by molar-refractivity contribution is 9.10. The number of carbonyl (C=O) groups is 1. The Bertz CT molecular complexity index is 1330. The minimum absolute atomic E-state index is 0.281. The highest BCUT2D eigenvalue weighted by atomic mass is 79.9. The highest BCUT2D eigenvalue weighted by Crippen LogP contribution is 2.36. The molecule has 1 fully saturated rings. The Morgan fingerprint density at radius 1 is 0.941 bits per heavy atom. The lowest BCUT2D eigenvalue weighted by molar-refractivity contribution is 0.102. The standard InChI is InChI=1S/C24H22BrCl2N3O3S/c1-16-5-8-18(9-6-16)34(32,33)30-13-11-29(12-14-30)23-21(27)3-2-4-22(23)28-24(31)19-15-17(25)7-10-20(19)26/h2-10,15H,11-14H2,1H3,(H,28,31). The molecule has 0 atom stereocenters. The van der Waals surface area contributed by atoms with Crippen LogP contribution >= 0.6 is 39.1 Å². The lowest BCUT2D eigenvalue weighted by Crippen LogP contribution is -2.49. The van der Waals surface area contributed by atoms with Gasteiger partial charge in [0.05, 0.1) is 31.9 Å². The number of piperazine rings is 1. The minimum Gasteiger partial charge on any atom is -0.366 e. The first-order valence-electron chi connectivity index (χ1n) is 10.5. The molecule has 178 valence electrons. The van der Waals surface area contributed by atoms with Crippen molar-refractivity contribution in [2.75, 3.05) is 36.4 Å². The molecule has 0 saturated carbocycles. The molecule has 6 nitrogen and oxygen atoms in total. The van der Waals surface area contributed by atoms with Gasteiger partial charge in [-0.3, -0.25) is 4.79 Å². The second-order valence-corrected chi connectivity index (χ2v) is 11.6. The maximum Gasteiger partial charge on any atom is 0.257 e. The van der Waals surface area contributed by atoms with Gasteiger partial charge >= 0.3 is 0 Å². The molecular weight excluding hydrogens is 561 g/mol. The fraction of sp³-hybridized carbons (Fsp3) is 0.208. The van der Waals surface area contributed by atoms with Gasteiger partial charge in [0.15, 0.2) is 0 Å². The SMILES string of the molecule is Cc1ccc(S(=O)(=O)N2CCN(c3c(Cl)cccc3NC(=O)c3cc(Br)ccc3Cl)CC2)cc1. The molecule has 1 aliphatic rings. The molecule has 1 N–H and O–H groups in total. The molecule has 10 heteroatoms.